The smallest absolute Gasteiger partial charge is 0.256 e. The van der Waals surface area contributed by atoms with Gasteiger partial charge in [-0.05, 0) is 64.7 Å². The molecule has 9 heteroatoms. The van der Waals surface area contributed by atoms with Crippen molar-refractivity contribution in [2.45, 2.75) is 10.1 Å². The number of anilines is 1. The third-order valence-corrected chi connectivity index (χ3v) is 5.26. The Labute approximate surface area is 172 Å². The van der Waals surface area contributed by atoms with Gasteiger partial charge in [0.15, 0.2) is 22.1 Å². The number of aryl methyl sites for hydroxylation is 1. The number of carbonyl (C=O) groups excluding carboxylic acids is 1. The summed E-state index contributed by atoms with van der Waals surface area (Å²) in [4.78, 5) is 31.1. The number of carbonyl (C=O) groups is 1. The molecule has 1 N–H and O–H groups in total. The number of benzene rings is 1. The van der Waals surface area contributed by atoms with Crippen LogP contribution in [0, 0.1) is 3.57 Å². The van der Waals surface area contributed by atoms with Gasteiger partial charge in [-0.25, -0.2) is 15.0 Å². The maximum atomic E-state index is 12.7. The van der Waals surface area contributed by atoms with E-state index in [1.807, 2.05) is 37.4 Å². The molecule has 0 fully saturated rings. The summed E-state index contributed by atoms with van der Waals surface area (Å²) in [6.45, 7) is 0. The molecular weight excluding hydrogens is 475 g/mol. The van der Waals surface area contributed by atoms with Crippen molar-refractivity contribution in [3.05, 3.63) is 64.3 Å². The molecule has 0 bridgehead atoms. The summed E-state index contributed by atoms with van der Waals surface area (Å²) in [6, 6.07) is 11.1. The normalized spacial score (nSPS) is 10.9. The maximum absolute atomic E-state index is 12.7. The van der Waals surface area contributed by atoms with E-state index in [0.717, 1.165) is 8.47 Å². The van der Waals surface area contributed by atoms with Gasteiger partial charge in [0.05, 0.1) is 6.33 Å². The molecule has 0 aliphatic heterocycles. The highest BCUT2D eigenvalue weighted by atomic mass is 127. The van der Waals surface area contributed by atoms with Crippen LogP contribution in [0.15, 0.2) is 65.2 Å². The van der Waals surface area contributed by atoms with E-state index in [4.69, 9.17) is 0 Å². The summed E-state index contributed by atoms with van der Waals surface area (Å²) in [7, 11) is 1.86. The van der Waals surface area contributed by atoms with Crippen molar-refractivity contribution in [1.29, 1.82) is 0 Å². The molecule has 4 aromatic rings. The monoisotopic (exact) mass is 488 g/mol. The molecule has 0 saturated heterocycles. The number of rotatable bonds is 4. The second-order valence-electron chi connectivity index (χ2n) is 5.63. The zero-order chi connectivity index (χ0) is 18.8. The van der Waals surface area contributed by atoms with Gasteiger partial charge in [-0.2, -0.15) is 0 Å². The second kappa shape index (κ2) is 7.61. The molecule has 1 aromatic carbocycles. The lowest BCUT2D eigenvalue weighted by Gasteiger charge is -2.08. The predicted molar refractivity (Wildman–Crippen MR) is 112 cm³/mol. The molecule has 0 aliphatic carbocycles. The minimum Gasteiger partial charge on any atom is -0.318 e. The number of aromatic nitrogens is 5. The van der Waals surface area contributed by atoms with Crippen molar-refractivity contribution in [3.8, 4) is 0 Å². The second-order valence-corrected chi connectivity index (χ2v) is 7.92. The van der Waals surface area contributed by atoms with Gasteiger partial charge in [0, 0.05) is 33.5 Å². The molecule has 0 aliphatic rings. The number of imidazole rings is 1. The number of pyridine rings is 1. The Bertz CT molecular complexity index is 1130. The molecule has 0 unspecified atom stereocenters. The van der Waals surface area contributed by atoms with Crippen LogP contribution in [0.4, 0.5) is 5.82 Å². The van der Waals surface area contributed by atoms with Gasteiger partial charge in [-0.1, -0.05) is 6.07 Å². The van der Waals surface area contributed by atoms with Crippen LogP contribution in [0.5, 0.6) is 0 Å². The topological polar surface area (TPSA) is 85.6 Å². The maximum Gasteiger partial charge on any atom is 0.256 e. The molecule has 4 rings (SSSR count). The Balaban J connectivity index is 1.71. The van der Waals surface area contributed by atoms with Gasteiger partial charge in [0.25, 0.3) is 5.91 Å². The van der Waals surface area contributed by atoms with E-state index in [1.54, 1.807) is 29.4 Å². The predicted octanol–water partition coefficient (Wildman–Crippen LogP) is 3.77. The van der Waals surface area contributed by atoms with E-state index in [2.05, 4.69) is 47.8 Å². The molecule has 0 spiro atoms. The third-order valence-electron chi connectivity index (χ3n) is 3.72. The fourth-order valence-corrected chi connectivity index (χ4v) is 3.72. The van der Waals surface area contributed by atoms with Crippen molar-refractivity contribution in [1.82, 2.24) is 24.5 Å². The van der Waals surface area contributed by atoms with Crippen LogP contribution in [0.25, 0.3) is 11.2 Å². The van der Waals surface area contributed by atoms with Crippen LogP contribution < -0.4 is 5.32 Å². The molecule has 134 valence electrons. The number of hydrogen-bond donors (Lipinski definition) is 1. The number of amides is 1. The van der Waals surface area contributed by atoms with E-state index in [0.29, 0.717) is 27.7 Å². The van der Waals surface area contributed by atoms with Gasteiger partial charge >= 0.3 is 0 Å². The van der Waals surface area contributed by atoms with Gasteiger partial charge in [-0.15, -0.1) is 0 Å². The summed E-state index contributed by atoms with van der Waals surface area (Å²) >= 11 is 3.57. The first-order valence-electron chi connectivity index (χ1n) is 7.94. The fourth-order valence-electron chi connectivity index (χ4n) is 2.44. The minimum atomic E-state index is -0.237. The van der Waals surface area contributed by atoms with E-state index >= 15 is 0 Å². The number of hydrogen-bond acceptors (Lipinski definition) is 6. The standard InChI is InChI=1S/C18H13IN6OS/c1-25-10-21-14-15(22-17(26)11-3-2-4-12(19)9-11)23-18(24-16(14)25)27-13-5-7-20-8-6-13/h2-10H,1H3,(H,22,23,24,26). The average molecular weight is 488 g/mol. The van der Waals surface area contributed by atoms with Gasteiger partial charge in [0.2, 0.25) is 0 Å². The number of halogens is 1. The van der Waals surface area contributed by atoms with Crippen LogP contribution in [0.3, 0.4) is 0 Å². The lowest BCUT2D eigenvalue weighted by Crippen LogP contribution is -2.14. The lowest BCUT2D eigenvalue weighted by atomic mass is 10.2. The summed E-state index contributed by atoms with van der Waals surface area (Å²) in [6.07, 6.45) is 5.08. The SMILES string of the molecule is Cn1cnc2c(NC(=O)c3cccc(I)c3)nc(Sc3ccncc3)nc21. The molecular formula is C18H13IN6OS. The summed E-state index contributed by atoms with van der Waals surface area (Å²) in [5.41, 5.74) is 1.77. The molecule has 0 atom stereocenters. The van der Waals surface area contributed by atoms with Crippen LogP contribution >= 0.6 is 34.4 Å². The zero-order valence-corrected chi connectivity index (χ0v) is 17.1. The highest BCUT2D eigenvalue weighted by molar-refractivity contribution is 14.1. The first-order chi connectivity index (χ1) is 13.1. The van der Waals surface area contributed by atoms with Crippen molar-refractivity contribution < 1.29 is 4.79 Å². The van der Waals surface area contributed by atoms with E-state index < -0.39 is 0 Å². The number of nitrogens with one attached hydrogen (secondary N) is 1. The van der Waals surface area contributed by atoms with Crippen LogP contribution in [0.1, 0.15) is 10.4 Å². The Kier molecular flexibility index (Phi) is 5.03. The third kappa shape index (κ3) is 3.93. The molecule has 7 nitrogen and oxygen atoms in total. The van der Waals surface area contributed by atoms with Crippen LogP contribution in [-0.4, -0.2) is 30.4 Å². The Morgan fingerprint density at radius 1 is 1.19 bits per heavy atom. The summed E-state index contributed by atoms with van der Waals surface area (Å²) in [5.74, 6) is 0.153. The summed E-state index contributed by atoms with van der Waals surface area (Å²) in [5, 5.41) is 3.40. The van der Waals surface area contributed by atoms with Gasteiger partial charge < -0.3 is 9.88 Å². The largest absolute Gasteiger partial charge is 0.318 e. The number of nitrogens with zero attached hydrogens (tertiary/aromatic N) is 5. The fraction of sp³-hybridized carbons (Fsp3) is 0.0556. The molecule has 27 heavy (non-hydrogen) atoms. The number of fused-ring (bicyclic) bond motifs is 1. The molecule has 3 aromatic heterocycles. The highest BCUT2D eigenvalue weighted by Gasteiger charge is 2.16. The minimum absolute atomic E-state index is 0.237. The molecule has 1 amide bonds. The summed E-state index contributed by atoms with van der Waals surface area (Å²) < 4.78 is 2.79. The van der Waals surface area contributed by atoms with Crippen molar-refractivity contribution >= 4 is 57.2 Å². The Morgan fingerprint density at radius 3 is 2.78 bits per heavy atom. The lowest BCUT2D eigenvalue weighted by molar-refractivity contribution is 0.102. The Hall–Kier alpha value is -2.53. The average Bonchev–Trinajstić information content (AvgIpc) is 3.04. The van der Waals surface area contributed by atoms with Gasteiger partial charge in [-0.3, -0.25) is 9.78 Å². The van der Waals surface area contributed by atoms with E-state index in [-0.39, 0.29) is 5.91 Å². The van der Waals surface area contributed by atoms with Crippen molar-refractivity contribution in [3.63, 3.8) is 0 Å². The van der Waals surface area contributed by atoms with Crippen LogP contribution in [0.2, 0.25) is 0 Å². The van der Waals surface area contributed by atoms with E-state index in [1.165, 1.54) is 11.8 Å². The quantitative estimate of drug-likeness (QED) is 0.348. The molecule has 3 heterocycles. The molecule has 0 saturated carbocycles. The first-order valence-corrected chi connectivity index (χ1v) is 9.83. The Morgan fingerprint density at radius 2 is 2.00 bits per heavy atom. The molecule has 0 radical (unpaired) electrons. The van der Waals surface area contributed by atoms with E-state index in [9.17, 15) is 4.79 Å². The van der Waals surface area contributed by atoms with Gasteiger partial charge in [0.1, 0.15) is 0 Å². The highest BCUT2D eigenvalue weighted by Crippen LogP contribution is 2.28. The van der Waals surface area contributed by atoms with Crippen molar-refractivity contribution in [2.75, 3.05) is 5.32 Å². The zero-order valence-electron chi connectivity index (χ0n) is 14.1. The van der Waals surface area contributed by atoms with Crippen molar-refractivity contribution in [2.24, 2.45) is 7.05 Å². The first kappa shape index (κ1) is 17.9. The van der Waals surface area contributed by atoms with Crippen LogP contribution in [-0.2, 0) is 7.05 Å².